The van der Waals surface area contributed by atoms with Crippen LogP contribution in [-0.2, 0) is 19.4 Å². The fourth-order valence-corrected chi connectivity index (χ4v) is 2.07. The van der Waals surface area contributed by atoms with Crippen molar-refractivity contribution in [1.82, 2.24) is 10.2 Å². The van der Waals surface area contributed by atoms with E-state index in [0.29, 0.717) is 0 Å². The van der Waals surface area contributed by atoms with Gasteiger partial charge in [-0.25, -0.2) is 0 Å². The van der Waals surface area contributed by atoms with Gasteiger partial charge in [-0.15, -0.1) is 0 Å². The van der Waals surface area contributed by atoms with Gasteiger partial charge in [-0.2, -0.15) is 5.10 Å². The van der Waals surface area contributed by atoms with Gasteiger partial charge in [0.1, 0.15) is 0 Å². The van der Waals surface area contributed by atoms with Crippen LogP contribution < -0.4 is 5.73 Å². The minimum Gasteiger partial charge on any atom is -0.399 e. The van der Waals surface area contributed by atoms with E-state index in [4.69, 9.17) is 5.73 Å². The molecule has 0 spiro atoms. The third-order valence-corrected chi connectivity index (χ3v) is 3.04. The number of hydrogen-bond donors (Lipinski definition) is 3. The number of nitrogens with one attached hydrogen (secondary N) is 1. The molecule has 4 nitrogen and oxygen atoms in total. The Hall–Kier alpha value is -1.81. The first kappa shape index (κ1) is 12.6. The molecule has 4 heteroatoms. The standard InChI is InChI=1S/C14H19N3O/c1-2-3-13-12(14(9-18)17-16-13)8-10-4-6-11(15)7-5-10/h4-7,18H,2-3,8-9,15H2,1H3,(H,16,17). The molecule has 2 aromatic rings. The molecule has 96 valence electrons. The average molecular weight is 245 g/mol. The number of aryl methyl sites for hydroxylation is 1. The van der Waals surface area contributed by atoms with E-state index in [9.17, 15) is 5.11 Å². The van der Waals surface area contributed by atoms with Crippen LogP contribution >= 0.6 is 0 Å². The van der Waals surface area contributed by atoms with Crippen LogP contribution in [0.3, 0.4) is 0 Å². The molecule has 2 rings (SSSR count). The predicted molar refractivity (Wildman–Crippen MR) is 72.2 cm³/mol. The molecule has 0 saturated carbocycles. The Morgan fingerprint density at radius 1 is 1.28 bits per heavy atom. The summed E-state index contributed by atoms with van der Waals surface area (Å²) in [6.45, 7) is 2.13. The molecule has 0 unspecified atom stereocenters. The first-order chi connectivity index (χ1) is 8.74. The van der Waals surface area contributed by atoms with Crippen LogP contribution in [0.2, 0.25) is 0 Å². The predicted octanol–water partition coefficient (Wildman–Crippen LogP) is 2.03. The maximum Gasteiger partial charge on any atom is 0.0850 e. The Kier molecular flexibility index (Phi) is 3.99. The van der Waals surface area contributed by atoms with Gasteiger partial charge in [0, 0.05) is 17.7 Å². The van der Waals surface area contributed by atoms with Gasteiger partial charge in [-0.3, -0.25) is 5.10 Å². The van der Waals surface area contributed by atoms with Crippen molar-refractivity contribution in [2.45, 2.75) is 32.8 Å². The zero-order valence-electron chi connectivity index (χ0n) is 10.6. The Morgan fingerprint density at radius 3 is 2.61 bits per heavy atom. The molecule has 4 N–H and O–H groups in total. The molecule has 0 atom stereocenters. The summed E-state index contributed by atoms with van der Waals surface area (Å²) in [7, 11) is 0. The number of rotatable bonds is 5. The molecular formula is C14H19N3O. The molecule has 0 bridgehead atoms. The lowest BCUT2D eigenvalue weighted by Gasteiger charge is -2.05. The van der Waals surface area contributed by atoms with E-state index in [1.807, 2.05) is 24.3 Å². The van der Waals surface area contributed by atoms with Gasteiger partial charge in [0.25, 0.3) is 0 Å². The molecule has 18 heavy (non-hydrogen) atoms. The van der Waals surface area contributed by atoms with Crippen molar-refractivity contribution in [3.05, 3.63) is 46.8 Å². The zero-order chi connectivity index (χ0) is 13.0. The lowest BCUT2D eigenvalue weighted by molar-refractivity contribution is 0.275. The fraction of sp³-hybridized carbons (Fsp3) is 0.357. The third kappa shape index (κ3) is 2.71. The van der Waals surface area contributed by atoms with Crippen molar-refractivity contribution < 1.29 is 5.11 Å². The fourth-order valence-electron chi connectivity index (χ4n) is 2.07. The first-order valence-corrected chi connectivity index (χ1v) is 6.24. The molecule has 0 fully saturated rings. The number of aliphatic hydroxyl groups excluding tert-OH is 1. The molecule has 0 aliphatic heterocycles. The van der Waals surface area contributed by atoms with Crippen LogP contribution in [-0.4, -0.2) is 15.3 Å². The van der Waals surface area contributed by atoms with E-state index < -0.39 is 0 Å². The highest BCUT2D eigenvalue weighted by molar-refractivity contribution is 5.41. The molecule has 0 aliphatic rings. The van der Waals surface area contributed by atoms with Crippen LogP contribution in [0, 0.1) is 0 Å². The minimum atomic E-state index is 0.00101. The van der Waals surface area contributed by atoms with Gasteiger partial charge in [0.05, 0.1) is 18.0 Å². The number of aliphatic hydroxyl groups is 1. The SMILES string of the molecule is CCCc1n[nH]c(CO)c1Cc1ccc(N)cc1. The van der Waals surface area contributed by atoms with E-state index in [-0.39, 0.29) is 6.61 Å². The van der Waals surface area contributed by atoms with E-state index >= 15 is 0 Å². The molecule has 0 aliphatic carbocycles. The molecule has 1 heterocycles. The number of anilines is 1. The van der Waals surface area contributed by atoms with Crippen LogP contribution in [0.1, 0.15) is 35.9 Å². The highest BCUT2D eigenvalue weighted by Gasteiger charge is 2.12. The van der Waals surface area contributed by atoms with Crippen LogP contribution in [0.5, 0.6) is 0 Å². The van der Waals surface area contributed by atoms with E-state index in [2.05, 4.69) is 17.1 Å². The maximum atomic E-state index is 9.33. The lowest BCUT2D eigenvalue weighted by atomic mass is 10.0. The van der Waals surface area contributed by atoms with Gasteiger partial charge < -0.3 is 10.8 Å². The maximum absolute atomic E-state index is 9.33. The highest BCUT2D eigenvalue weighted by atomic mass is 16.3. The van der Waals surface area contributed by atoms with Crippen molar-refractivity contribution in [3.63, 3.8) is 0 Å². The normalized spacial score (nSPS) is 10.8. The summed E-state index contributed by atoms with van der Waals surface area (Å²) in [5, 5.41) is 16.5. The second kappa shape index (κ2) is 5.69. The minimum absolute atomic E-state index is 0.00101. The van der Waals surface area contributed by atoms with E-state index in [1.165, 1.54) is 5.56 Å². The quantitative estimate of drug-likeness (QED) is 0.705. The lowest BCUT2D eigenvalue weighted by Crippen LogP contribution is -1.97. The van der Waals surface area contributed by atoms with E-state index in [0.717, 1.165) is 41.9 Å². The number of nitrogen functional groups attached to an aromatic ring is 1. The molecule has 0 amide bonds. The van der Waals surface area contributed by atoms with Gasteiger partial charge in [-0.1, -0.05) is 25.5 Å². The summed E-state index contributed by atoms with van der Waals surface area (Å²) in [6.07, 6.45) is 2.76. The molecule has 1 aromatic carbocycles. The number of nitrogens with two attached hydrogens (primary N) is 1. The summed E-state index contributed by atoms with van der Waals surface area (Å²) in [6, 6.07) is 7.82. The second-order valence-electron chi connectivity index (χ2n) is 4.45. The Bertz CT molecular complexity index is 502. The number of aromatic nitrogens is 2. The molecule has 0 radical (unpaired) electrons. The Morgan fingerprint density at radius 2 is 2.00 bits per heavy atom. The summed E-state index contributed by atoms with van der Waals surface area (Å²) in [4.78, 5) is 0. The van der Waals surface area contributed by atoms with Crippen LogP contribution in [0.15, 0.2) is 24.3 Å². The summed E-state index contributed by atoms with van der Waals surface area (Å²) >= 11 is 0. The number of benzene rings is 1. The third-order valence-electron chi connectivity index (χ3n) is 3.04. The molecular weight excluding hydrogens is 226 g/mol. The van der Waals surface area contributed by atoms with Crippen LogP contribution in [0.4, 0.5) is 5.69 Å². The van der Waals surface area contributed by atoms with Crippen LogP contribution in [0.25, 0.3) is 0 Å². The van der Waals surface area contributed by atoms with Gasteiger partial charge in [-0.05, 0) is 24.1 Å². The molecule has 0 saturated heterocycles. The van der Waals surface area contributed by atoms with Gasteiger partial charge in [0.2, 0.25) is 0 Å². The first-order valence-electron chi connectivity index (χ1n) is 6.24. The van der Waals surface area contributed by atoms with Crippen molar-refractivity contribution in [2.24, 2.45) is 0 Å². The van der Waals surface area contributed by atoms with E-state index in [1.54, 1.807) is 0 Å². The smallest absolute Gasteiger partial charge is 0.0850 e. The second-order valence-corrected chi connectivity index (χ2v) is 4.45. The summed E-state index contributed by atoms with van der Waals surface area (Å²) in [5.74, 6) is 0. The molecule has 1 aromatic heterocycles. The van der Waals surface area contributed by atoms with Crippen molar-refractivity contribution >= 4 is 5.69 Å². The Labute approximate surface area is 107 Å². The average Bonchev–Trinajstić information content (AvgIpc) is 2.75. The van der Waals surface area contributed by atoms with Crippen molar-refractivity contribution in [2.75, 3.05) is 5.73 Å². The van der Waals surface area contributed by atoms with Crippen molar-refractivity contribution in [3.8, 4) is 0 Å². The van der Waals surface area contributed by atoms with Crippen molar-refractivity contribution in [1.29, 1.82) is 0 Å². The number of H-pyrrole nitrogens is 1. The number of aromatic amines is 1. The van der Waals surface area contributed by atoms with Gasteiger partial charge >= 0.3 is 0 Å². The number of nitrogens with zero attached hydrogens (tertiary/aromatic N) is 1. The largest absolute Gasteiger partial charge is 0.399 e. The monoisotopic (exact) mass is 245 g/mol. The Balaban J connectivity index is 2.26. The number of hydrogen-bond acceptors (Lipinski definition) is 3. The highest BCUT2D eigenvalue weighted by Crippen LogP contribution is 2.19. The van der Waals surface area contributed by atoms with Gasteiger partial charge in [0.15, 0.2) is 0 Å². The zero-order valence-corrected chi connectivity index (χ0v) is 10.6. The summed E-state index contributed by atoms with van der Waals surface area (Å²) < 4.78 is 0. The topological polar surface area (TPSA) is 74.9 Å². The summed E-state index contributed by atoms with van der Waals surface area (Å²) in [5.41, 5.74) is 10.6.